The van der Waals surface area contributed by atoms with Gasteiger partial charge in [0.1, 0.15) is 5.75 Å². The number of hydrogen-bond donors (Lipinski definition) is 3. The second kappa shape index (κ2) is 5.00. The predicted molar refractivity (Wildman–Crippen MR) is 60.6 cm³/mol. The Hall–Kier alpha value is -1.26. The maximum Gasteiger partial charge on any atom is 0.120 e. The van der Waals surface area contributed by atoms with Gasteiger partial charge in [-0.2, -0.15) is 0 Å². The Morgan fingerprint density at radius 1 is 1.47 bits per heavy atom. The molecule has 0 heterocycles. The quantitative estimate of drug-likeness (QED) is 0.649. The lowest BCUT2D eigenvalue weighted by atomic mass is 10.0. The second-order valence-corrected chi connectivity index (χ2v) is 3.72. The molecule has 0 spiro atoms. The third-order valence-corrected chi connectivity index (χ3v) is 2.25. The van der Waals surface area contributed by atoms with Gasteiger partial charge < -0.3 is 21.3 Å². The molecule has 0 aromatic heterocycles. The Morgan fingerprint density at radius 2 is 2.13 bits per heavy atom. The number of rotatable bonds is 4. The van der Waals surface area contributed by atoms with E-state index in [1.165, 1.54) is 0 Å². The Morgan fingerprint density at radius 3 is 2.60 bits per heavy atom. The highest BCUT2D eigenvalue weighted by Gasteiger charge is 2.13. The van der Waals surface area contributed by atoms with E-state index in [0.717, 1.165) is 0 Å². The molecule has 1 rings (SSSR count). The van der Waals surface area contributed by atoms with Gasteiger partial charge >= 0.3 is 0 Å². The first kappa shape index (κ1) is 11.8. The molecule has 0 radical (unpaired) electrons. The molecular formula is C11H18N2O2. The monoisotopic (exact) mass is 210 g/mol. The molecule has 0 saturated carbocycles. The first-order chi connectivity index (χ1) is 7.04. The van der Waals surface area contributed by atoms with Crippen molar-refractivity contribution in [3.63, 3.8) is 0 Å². The standard InChI is InChI=1S/C11H18N2O2/c1-7(12)5-11(14)9-4-3-8(15-2)6-10(9)13/h3-4,6-7,11,14H,5,12-13H2,1-2H3. The summed E-state index contributed by atoms with van der Waals surface area (Å²) in [7, 11) is 1.58. The van der Waals surface area contributed by atoms with Gasteiger partial charge in [-0.3, -0.25) is 0 Å². The lowest BCUT2D eigenvalue weighted by Gasteiger charge is -2.16. The van der Waals surface area contributed by atoms with Crippen LogP contribution in [0.3, 0.4) is 0 Å². The minimum absolute atomic E-state index is 0.0542. The van der Waals surface area contributed by atoms with E-state index in [2.05, 4.69) is 0 Å². The molecule has 0 bridgehead atoms. The summed E-state index contributed by atoms with van der Waals surface area (Å²) >= 11 is 0. The zero-order chi connectivity index (χ0) is 11.4. The Balaban J connectivity index is 2.85. The summed E-state index contributed by atoms with van der Waals surface area (Å²) in [5, 5.41) is 9.83. The van der Waals surface area contributed by atoms with Crippen molar-refractivity contribution in [2.45, 2.75) is 25.5 Å². The average molecular weight is 210 g/mol. The Bertz CT molecular complexity index is 326. The van der Waals surface area contributed by atoms with Gasteiger partial charge in [-0.25, -0.2) is 0 Å². The summed E-state index contributed by atoms with van der Waals surface area (Å²) in [6.45, 7) is 1.85. The van der Waals surface area contributed by atoms with Gasteiger partial charge in [0.15, 0.2) is 0 Å². The van der Waals surface area contributed by atoms with Crippen LogP contribution in [-0.4, -0.2) is 18.3 Å². The van der Waals surface area contributed by atoms with Crippen LogP contribution < -0.4 is 16.2 Å². The van der Waals surface area contributed by atoms with E-state index < -0.39 is 6.10 Å². The summed E-state index contributed by atoms with van der Waals surface area (Å²) in [5.74, 6) is 0.684. The predicted octanol–water partition coefficient (Wildman–Crippen LogP) is 1.05. The first-order valence-corrected chi connectivity index (χ1v) is 4.91. The normalized spacial score (nSPS) is 14.7. The fraction of sp³-hybridized carbons (Fsp3) is 0.455. The van der Waals surface area contributed by atoms with Gasteiger partial charge in [0.2, 0.25) is 0 Å². The molecule has 15 heavy (non-hydrogen) atoms. The van der Waals surface area contributed by atoms with E-state index in [0.29, 0.717) is 23.4 Å². The van der Waals surface area contributed by atoms with Crippen molar-refractivity contribution < 1.29 is 9.84 Å². The average Bonchev–Trinajstić information content (AvgIpc) is 2.16. The van der Waals surface area contributed by atoms with Crippen LogP contribution in [-0.2, 0) is 0 Å². The van der Waals surface area contributed by atoms with Crippen molar-refractivity contribution in [2.24, 2.45) is 5.73 Å². The van der Waals surface area contributed by atoms with Crippen LogP contribution in [0.5, 0.6) is 5.75 Å². The zero-order valence-electron chi connectivity index (χ0n) is 9.10. The molecule has 0 aliphatic rings. The lowest BCUT2D eigenvalue weighted by Crippen LogP contribution is -2.19. The minimum Gasteiger partial charge on any atom is -0.497 e. The highest BCUT2D eigenvalue weighted by atomic mass is 16.5. The third-order valence-electron chi connectivity index (χ3n) is 2.25. The van der Waals surface area contributed by atoms with Crippen molar-refractivity contribution in [1.82, 2.24) is 0 Å². The van der Waals surface area contributed by atoms with Gasteiger partial charge in [-0.1, -0.05) is 6.07 Å². The van der Waals surface area contributed by atoms with Crippen molar-refractivity contribution in [1.29, 1.82) is 0 Å². The molecule has 2 unspecified atom stereocenters. The van der Waals surface area contributed by atoms with Crippen LogP contribution in [0, 0.1) is 0 Å². The highest BCUT2D eigenvalue weighted by Crippen LogP contribution is 2.27. The van der Waals surface area contributed by atoms with E-state index in [1.54, 1.807) is 25.3 Å². The van der Waals surface area contributed by atoms with Gasteiger partial charge in [-0.05, 0) is 19.4 Å². The smallest absolute Gasteiger partial charge is 0.120 e. The molecule has 2 atom stereocenters. The van der Waals surface area contributed by atoms with Gasteiger partial charge in [0.05, 0.1) is 13.2 Å². The summed E-state index contributed by atoms with van der Waals surface area (Å²) in [4.78, 5) is 0. The molecule has 0 fully saturated rings. The molecule has 1 aromatic carbocycles. The summed E-state index contributed by atoms with van der Waals surface area (Å²) in [6, 6.07) is 5.18. The summed E-state index contributed by atoms with van der Waals surface area (Å²) in [5.41, 5.74) is 12.6. The topological polar surface area (TPSA) is 81.5 Å². The van der Waals surface area contributed by atoms with Gasteiger partial charge in [0, 0.05) is 23.4 Å². The fourth-order valence-corrected chi connectivity index (χ4v) is 1.46. The van der Waals surface area contributed by atoms with Gasteiger partial charge in [0.25, 0.3) is 0 Å². The molecule has 0 aliphatic carbocycles. The third kappa shape index (κ3) is 3.11. The van der Waals surface area contributed by atoms with Crippen LogP contribution in [0.15, 0.2) is 18.2 Å². The molecule has 5 N–H and O–H groups in total. The molecule has 4 nitrogen and oxygen atoms in total. The van der Waals surface area contributed by atoms with Crippen molar-refractivity contribution >= 4 is 5.69 Å². The molecule has 84 valence electrons. The first-order valence-electron chi connectivity index (χ1n) is 4.91. The van der Waals surface area contributed by atoms with Crippen molar-refractivity contribution in [2.75, 3.05) is 12.8 Å². The number of aliphatic hydroxyl groups is 1. The Labute approximate surface area is 89.8 Å². The number of anilines is 1. The maximum atomic E-state index is 9.83. The number of ether oxygens (including phenoxy) is 1. The summed E-state index contributed by atoms with van der Waals surface area (Å²) < 4.78 is 5.02. The number of nitrogens with two attached hydrogens (primary N) is 2. The molecule has 0 amide bonds. The number of nitrogen functional groups attached to an aromatic ring is 1. The number of benzene rings is 1. The number of methoxy groups -OCH3 is 1. The van der Waals surface area contributed by atoms with E-state index in [1.807, 2.05) is 6.92 Å². The van der Waals surface area contributed by atoms with Crippen LogP contribution in [0.1, 0.15) is 25.0 Å². The number of hydrogen-bond acceptors (Lipinski definition) is 4. The van der Waals surface area contributed by atoms with Crippen LogP contribution in [0.2, 0.25) is 0 Å². The SMILES string of the molecule is COc1ccc(C(O)CC(C)N)c(N)c1. The van der Waals surface area contributed by atoms with E-state index in [4.69, 9.17) is 16.2 Å². The molecule has 0 saturated heterocycles. The van der Waals surface area contributed by atoms with Crippen LogP contribution in [0.4, 0.5) is 5.69 Å². The van der Waals surface area contributed by atoms with E-state index >= 15 is 0 Å². The maximum absolute atomic E-state index is 9.83. The van der Waals surface area contributed by atoms with Crippen LogP contribution >= 0.6 is 0 Å². The molecule has 1 aromatic rings. The van der Waals surface area contributed by atoms with Crippen molar-refractivity contribution in [3.05, 3.63) is 23.8 Å². The highest BCUT2D eigenvalue weighted by molar-refractivity contribution is 5.52. The Kier molecular flexibility index (Phi) is 3.94. The van der Waals surface area contributed by atoms with E-state index in [9.17, 15) is 5.11 Å². The molecular weight excluding hydrogens is 192 g/mol. The molecule has 0 aliphatic heterocycles. The zero-order valence-corrected chi connectivity index (χ0v) is 9.10. The molecule has 4 heteroatoms. The largest absolute Gasteiger partial charge is 0.497 e. The van der Waals surface area contributed by atoms with Crippen LogP contribution in [0.25, 0.3) is 0 Å². The summed E-state index contributed by atoms with van der Waals surface area (Å²) in [6.07, 6.45) is -0.118. The lowest BCUT2D eigenvalue weighted by molar-refractivity contribution is 0.161. The van der Waals surface area contributed by atoms with Gasteiger partial charge in [-0.15, -0.1) is 0 Å². The fourth-order valence-electron chi connectivity index (χ4n) is 1.46. The number of aliphatic hydroxyl groups excluding tert-OH is 1. The van der Waals surface area contributed by atoms with Crippen molar-refractivity contribution in [3.8, 4) is 5.75 Å². The minimum atomic E-state index is -0.615. The van der Waals surface area contributed by atoms with E-state index in [-0.39, 0.29) is 6.04 Å². The second-order valence-electron chi connectivity index (χ2n) is 3.72.